The minimum atomic E-state index is -2.12. The number of carbonyl (C=O) groups is 1. The summed E-state index contributed by atoms with van der Waals surface area (Å²) >= 11 is 0. The topological polar surface area (TPSA) is 107 Å². The van der Waals surface area contributed by atoms with Gasteiger partial charge in [0.2, 0.25) is 5.78 Å². The van der Waals surface area contributed by atoms with Gasteiger partial charge in [-0.2, -0.15) is 0 Å². The van der Waals surface area contributed by atoms with E-state index >= 15 is 0 Å². The Morgan fingerprint density at radius 2 is 1.68 bits per heavy atom. The summed E-state index contributed by atoms with van der Waals surface area (Å²) in [6.45, 7) is 7.34. The van der Waals surface area contributed by atoms with E-state index in [4.69, 9.17) is 4.74 Å². The van der Waals surface area contributed by atoms with Crippen LogP contribution in [0.25, 0.3) is 0 Å². The van der Waals surface area contributed by atoms with Gasteiger partial charge in [0, 0.05) is 17.2 Å². The van der Waals surface area contributed by atoms with E-state index in [1.54, 1.807) is 6.07 Å². The van der Waals surface area contributed by atoms with Crippen LogP contribution in [-0.4, -0.2) is 32.8 Å². The maximum atomic E-state index is 13.5. The van der Waals surface area contributed by atoms with Crippen LogP contribution < -0.4 is 4.74 Å². The Kier molecular flexibility index (Phi) is 6.13. The zero-order valence-electron chi connectivity index (χ0n) is 18.2. The third-order valence-corrected chi connectivity index (χ3v) is 5.34. The molecule has 1 aliphatic rings. The van der Waals surface area contributed by atoms with Crippen LogP contribution in [0, 0.1) is 0 Å². The molecule has 0 spiro atoms. The molecule has 2 aromatic rings. The highest BCUT2D eigenvalue weighted by atomic mass is 16.5. The number of allylic oxidation sites excluding steroid dienone is 4. The van der Waals surface area contributed by atoms with Gasteiger partial charge in [-0.15, -0.1) is 0 Å². The second-order valence-electron chi connectivity index (χ2n) is 8.39. The fourth-order valence-corrected chi connectivity index (χ4v) is 3.61. The molecule has 0 fully saturated rings. The predicted molar refractivity (Wildman–Crippen MR) is 118 cm³/mol. The van der Waals surface area contributed by atoms with Gasteiger partial charge in [-0.05, 0) is 64.3 Å². The fourth-order valence-electron chi connectivity index (χ4n) is 3.61. The van der Waals surface area contributed by atoms with Crippen molar-refractivity contribution < 1.29 is 30.0 Å². The van der Waals surface area contributed by atoms with E-state index in [9.17, 15) is 25.2 Å². The Hall–Kier alpha value is -3.25. The van der Waals surface area contributed by atoms with Gasteiger partial charge < -0.3 is 25.2 Å². The number of aromatic hydroxyl groups is 3. The molecule has 6 nitrogen and oxygen atoms in total. The van der Waals surface area contributed by atoms with Crippen LogP contribution in [0.2, 0.25) is 0 Å². The highest BCUT2D eigenvalue weighted by Crippen LogP contribution is 2.45. The average Bonchev–Trinajstić information content (AvgIpc) is 2.68. The van der Waals surface area contributed by atoms with Crippen LogP contribution >= 0.6 is 0 Å². The Morgan fingerprint density at radius 3 is 2.29 bits per heavy atom. The van der Waals surface area contributed by atoms with Crippen LogP contribution in [0.1, 0.15) is 54.7 Å². The summed E-state index contributed by atoms with van der Waals surface area (Å²) in [5, 5.41) is 41.9. The summed E-state index contributed by atoms with van der Waals surface area (Å²) in [6, 6.07) is 5.19. The summed E-state index contributed by atoms with van der Waals surface area (Å²) in [7, 11) is 0. The quantitative estimate of drug-likeness (QED) is 0.534. The molecule has 2 aromatic carbocycles. The maximum absolute atomic E-state index is 13.5. The van der Waals surface area contributed by atoms with Gasteiger partial charge in [0.05, 0.1) is 5.56 Å². The lowest BCUT2D eigenvalue weighted by Crippen LogP contribution is -2.45. The normalized spacial score (nSPS) is 17.5. The van der Waals surface area contributed by atoms with E-state index in [1.165, 1.54) is 12.1 Å². The second-order valence-corrected chi connectivity index (χ2v) is 8.39. The van der Waals surface area contributed by atoms with Crippen molar-refractivity contribution in [3.8, 4) is 23.0 Å². The van der Waals surface area contributed by atoms with Crippen molar-refractivity contribution in [3.63, 3.8) is 0 Å². The molecule has 3 rings (SSSR count). The lowest BCUT2D eigenvalue weighted by atomic mass is 9.82. The minimum absolute atomic E-state index is 0.0503. The fraction of sp³-hybridized carbons (Fsp3) is 0.320. The third kappa shape index (κ3) is 4.30. The first-order chi connectivity index (χ1) is 14.5. The van der Waals surface area contributed by atoms with Crippen LogP contribution in [0.4, 0.5) is 0 Å². The van der Waals surface area contributed by atoms with Crippen molar-refractivity contribution in [1.29, 1.82) is 0 Å². The van der Waals surface area contributed by atoms with Crippen molar-refractivity contribution in [3.05, 3.63) is 69.8 Å². The SMILES string of the molecule is CC(C)=CCc1cc2c(c(CC=C(C)C)c1O)OCC(O)(c1ccc(O)cc1O)C2=O. The average molecular weight is 424 g/mol. The third-order valence-electron chi connectivity index (χ3n) is 5.34. The molecule has 6 heteroatoms. The largest absolute Gasteiger partial charge is 0.508 e. The first-order valence-electron chi connectivity index (χ1n) is 10.1. The van der Waals surface area contributed by atoms with E-state index < -0.39 is 23.7 Å². The number of benzene rings is 2. The molecule has 0 radical (unpaired) electrons. The monoisotopic (exact) mass is 424 g/mol. The summed E-state index contributed by atoms with van der Waals surface area (Å²) in [4.78, 5) is 13.5. The Morgan fingerprint density at radius 1 is 1.03 bits per heavy atom. The minimum Gasteiger partial charge on any atom is -0.508 e. The lowest BCUT2D eigenvalue weighted by Gasteiger charge is -2.34. The molecule has 0 aliphatic carbocycles. The van der Waals surface area contributed by atoms with Gasteiger partial charge in [-0.3, -0.25) is 4.79 Å². The second kappa shape index (κ2) is 8.47. The Bertz CT molecular complexity index is 1090. The van der Waals surface area contributed by atoms with Gasteiger partial charge in [0.1, 0.15) is 29.6 Å². The first kappa shape index (κ1) is 22.4. The zero-order chi connectivity index (χ0) is 22.9. The Balaban J connectivity index is 2.18. The summed E-state index contributed by atoms with van der Waals surface area (Å²) in [6.07, 6.45) is 4.66. The number of ether oxygens (including phenoxy) is 1. The molecule has 1 heterocycles. The van der Waals surface area contributed by atoms with Gasteiger partial charge in [-0.1, -0.05) is 23.3 Å². The van der Waals surface area contributed by atoms with E-state index in [2.05, 4.69) is 0 Å². The zero-order valence-corrected chi connectivity index (χ0v) is 18.2. The molecule has 1 unspecified atom stereocenters. The van der Waals surface area contributed by atoms with E-state index in [0.717, 1.165) is 17.2 Å². The highest BCUT2D eigenvalue weighted by Gasteiger charge is 2.47. The smallest absolute Gasteiger partial charge is 0.206 e. The number of aliphatic hydroxyl groups is 1. The van der Waals surface area contributed by atoms with Crippen LogP contribution in [0.3, 0.4) is 0 Å². The van der Waals surface area contributed by atoms with Gasteiger partial charge in [0.15, 0.2) is 5.60 Å². The molecule has 164 valence electrons. The van der Waals surface area contributed by atoms with Crippen molar-refractivity contribution in [2.45, 2.75) is 46.1 Å². The summed E-state index contributed by atoms with van der Waals surface area (Å²) in [5.74, 6) is -0.918. The number of rotatable bonds is 5. The van der Waals surface area contributed by atoms with Gasteiger partial charge in [0.25, 0.3) is 0 Å². The number of ketones is 1. The molecule has 1 aliphatic heterocycles. The molecule has 1 atom stereocenters. The molecule has 0 bridgehead atoms. The number of Topliss-reactive ketones (excluding diaryl/α,β-unsaturated/α-hetero) is 1. The number of hydrogen-bond donors (Lipinski definition) is 4. The van der Waals surface area contributed by atoms with E-state index in [0.29, 0.717) is 24.0 Å². The maximum Gasteiger partial charge on any atom is 0.206 e. The molecule has 4 N–H and O–H groups in total. The van der Waals surface area contributed by atoms with E-state index in [1.807, 2.05) is 39.8 Å². The molecule has 0 saturated carbocycles. The number of hydrogen-bond acceptors (Lipinski definition) is 6. The molecule has 0 saturated heterocycles. The van der Waals surface area contributed by atoms with Crippen LogP contribution in [0.15, 0.2) is 47.6 Å². The summed E-state index contributed by atoms with van der Waals surface area (Å²) < 4.78 is 5.82. The van der Waals surface area contributed by atoms with Gasteiger partial charge in [-0.25, -0.2) is 0 Å². The standard InChI is InChI=1S/C25H28O6/c1-14(2)5-7-16-11-19-23(18(22(16)28)9-6-15(3)4)31-13-25(30,24(19)29)20-10-8-17(26)12-21(20)27/h5-6,8,10-12,26-28,30H,7,9,13H2,1-4H3. The molecule has 0 aromatic heterocycles. The van der Waals surface area contributed by atoms with Crippen molar-refractivity contribution >= 4 is 5.78 Å². The lowest BCUT2D eigenvalue weighted by molar-refractivity contribution is -0.00662. The van der Waals surface area contributed by atoms with E-state index in [-0.39, 0.29) is 28.4 Å². The molecular weight excluding hydrogens is 396 g/mol. The highest BCUT2D eigenvalue weighted by molar-refractivity contribution is 6.07. The summed E-state index contributed by atoms with van der Waals surface area (Å²) in [5.41, 5.74) is 1.13. The number of phenols is 3. The number of phenolic OH excluding ortho intramolecular Hbond substituents is 3. The molecule has 0 amide bonds. The number of fused-ring (bicyclic) bond motifs is 1. The molecule has 31 heavy (non-hydrogen) atoms. The predicted octanol–water partition coefficient (Wildman–Crippen LogP) is 4.28. The van der Waals surface area contributed by atoms with Crippen molar-refractivity contribution in [1.82, 2.24) is 0 Å². The van der Waals surface area contributed by atoms with Crippen LogP contribution in [0.5, 0.6) is 23.0 Å². The molecular formula is C25H28O6. The van der Waals surface area contributed by atoms with Crippen LogP contribution in [-0.2, 0) is 18.4 Å². The Labute approximate surface area is 181 Å². The van der Waals surface area contributed by atoms with Gasteiger partial charge >= 0.3 is 0 Å². The number of carbonyl (C=O) groups excluding carboxylic acids is 1. The first-order valence-corrected chi connectivity index (χ1v) is 10.1. The van der Waals surface area contributed by atoms with Crippen molar-refractivity contribution in [2.24, 2.45) is 0 Å². The van der Waals surface area contributed by atoms with Crippen molar-refractivity contribution in [2.75, 3.05) is 6.61 Å².